The third kappa shape index (κ3) is 8.08. The zero-order valence-corrected chi connectivity index (χ0v) is 15.3. The summed E-state index contributed by atoms with van der Waals surface area (Å²) in [5, 5.41) is 0. The van der Waals surface area contributed by atoms with Gasteiger partial charge in [0.15, 0.2) is 0 Å². The molecule has 0 spiro atoms. The first kappa shape index (κ1) is 19.6. The van der Waals surface area contributed by atoms with Gasteiger partial charge in [-0.25, -0.2) is 0 Å². The highest BCUT2D eigenvalue weighted by Gasteiger charge is 2.39. The van der Waals surface area contributed by atoms with Crippen molar-refractivity contribution in [2.75, 3.05) is 19.8 Å². The van der Waals surface area contributed by atoms with Gasteiger partial charge in [-0.05, 0) is 51.5 Å². The summed E-state index contributed by atoms with van der Waals surface area (Å²) in [5.41, 5.74) is 1.20. The van der Waals surface area contributed by atoms with Gasteiger partial charge in [-0.15, -0.1) is 0 Å². The first-order valence-corrected chi connectivity index (χ1v) is 10.1. The van der Waals surface area contributed by atoms with E-state index in [1.807, 2.05) is 51.2 Å². The summed E-state index contributed by atoms with van der Waals surface area (Å²) in [6.45, 7) is 7.85. The molecule has 0 atom stereocenters. The third-order valence-electron chi connectivity index (χ3n) is 3.02. The molecule has 0 saturated heterocycles. The lowest BCUT2D eigenvalue weighted by Gasteiger charge is -2.28. The number of H-pyrrole nitrogens is 1. The molecule has 0 fully saturated rings. The van der Waals surface area contributed by atoms with Crippen LogP contribution in [-0.4, -0.2) is 38.6 Å². The molecule has 6 heteroatoms. The standard InChI is InChI=1S/C12H23NO3Si.C5H5N/c1-4-14-17(15-5-2,16-6-3)11-9-12-8-7-10-13-12;1-2-4-6-5-3-1/h7-8,10,13H,4-6,9,11H2,1-3H3;1-5H. The predicted octanol–water partition coefficient (Wildman–Crippen LogP) is 3.69. The van der Waals surface area contributed by atoms with E-state index in [1.54, 1.807) is 12.4 Å². The summed E-state index contributed by atoms with van der Waals surface area (Å²) in [4.78, 5) is 6.98. The lowest BCUT2D eigenvalue weighted by atomic mass is 10.3. The number of nitrogens with one attached hydrogen (secondary N) is 1. The normalized spacial score (nSPS) is 10.9. The van der Waals surface area contributed by atoms with Gasteiger partial charge >= 0.3 is 8.80 Å². The SMILES string of the molecule is CCO[Si](CCc1ccc[nH]1)(OCC)OCC.c1ccncc1. The lowest BCUT2D eigenvalue weighted by molar-refractivity contribution is 0.0713. The van der Waals surface area contributed by atoms with Crippen molar-refractivity contribution in [1.82, 2.24) is 9.97 Å². The molecule has 2 aromatic rings. The van der Waals surface area contributed by atoms with Crippen LogP contribution in [0.1, 0.15) is 26.5 Å². The number of aryl methyl sites for hydroxylation is 1. The number of nitrogens with zero attached hydrogens (tertiary/aromatic N) is 1. The molecule has 0 aliphatic rings. The lowest BCUT2D eigenvalue weighted by Crippen LogP contribution is -2.46. The summed E-state index contributed by atoms with van der Waals surface area (Å²) in [6.07, 6.45) is 6.33. The Hall–Kier alpha value is -1.47. The van der Waals surface area contributed by atoms with Crippen molar-refractivity contribution < 1.29 is 13.3 Å². The van der Waals surface area contributed by atoms with E-state index in [4.69, 9.17) is 13.3 Å². The summed E-state index contributed by atoms with van der Waals surface area (Å²) in [7, 11) is -2.47. The van der Waals surface area contributed by atoms with Crippen molar-refractivity contribution in [1.29, 1.82) is 0 Å². The first-order chi connectivity index (χ1) is 11.3. The average molecular weight is 337 g/mol. The fourth-order valence-electron chi connectivity index (χ4n) is 2.12. The number of hydrogen-bond donors (Lipinski definition) is 1. The van der Waals surface area contributed by atoms with Crippen LogP contribution in [0.3, 0.4) is 0 Å². The van der Waals surface area contributed by atoms with Gasteiger partial charge in [-0.2, -0.15) is 0 Å². The van der Waals surface area contributed by atoms with Gasteiger partial charge < -0.3 is 18.3 Å². The molecule has 23 heavy (non-hydrogen) atoms. The van der Waals surface area contributed by atoms with Crippen molar-refractivity contribution in [2.45, 2.75) is 33.2 Å². The molecule has 0 aliphatic heterocycles. The molecule has 0 saturated carbocycles. The highest BCUT2D eigenvalue weighted by atomic mass is 28.4. The first-order valence-electron chi connectivity index (χ1n) is 8.15. The van der Waals surface area contributed by atoms with Crippen LogP contribution in [0.5, 0.6) is 0 Å². The molecule has 0 aliphatic carbocycles. The number of aromatic nitrogens is 2. The van der Waals surface area contributed by atoms with E-state index in [0.29, 0.717) is 19.8 Å². The molecule has 2 aromatic heterocycles. The maximum Gasteiger partial charge on any atom is 0.501 e. The van der Waals surface area contributed by atoms with E-state index in [-0.39, 0.29) is 0 Å². The molecule has 0 amide bonds. The van der Waals surface area contributed by atoms with Crippen LogP contribution in [-0.2, 0) is 19.7 Å². The number of pyridine rings is 1. The van der Waals surface area contributed by atoms with Crippen molar-refractivity contribution in [3.05, 3.63) is 54.6 Å². The molecule has 2 heterocycles. The highest BCUT2D eigenvalue weighted by molar-refractivity contribution is 6.60. The van der Waals surface area contributed by atoms with Gasteiger partial charge in [0.2, 0.25) is 0 Å². The molecule has 0 aromatic carbocycles. The number of rotatable bonds is 9. The Morgan fingerprint density at radius 1 is 0.913 bits per heavy atom. The monoisotopic (exact) mass is 336 g/mol. The van der Waals surface area contributed by atoms with Crippen molar-refractivity contribution in [3.8, 4) is 0 Å². The maximum absolute atomic E-state index is 5.79. The van der Waals surface area contributed by atoms with Crippen molar-refractivity contribution in [3.63, 3.8) is 0 Å². The van der Waals surface area contributed by atoms with Crippen LogP contribution in [0, 0.1) is 0 Å². The third-order valence-corrected chi connectivity index (χ3v) is 6.07. The Morgan fingerprint density at radius 3 is 1.87 bits per heavy atom. The summed E-state index contributed by atoms with van der Waals surface area (Å²) >= 11 is 0. The Kier molecular flexibility index (Phi) is 10.2. The van der Waals surface area contributed by atoms with E-state index < -0.39 is 8.80 Å². The molecule has 0 unspecified atom stereocenters. The predicted molar refractivity (Wildman–Crippen MR) is 94.2 cm³/mol. The smallest absolute Gasteiger partial charge is 0.374 e. The summed E-state index contributed by atoms with van der Waals surface area (Å²) < 4.78 is 17.4. The zero-order valence-electron chi connectivity index (χ0n) is 14.3. The van der Waals surface area contributed by atoms with Gasteiger partial charge in [0.25, 0.3) is 0 Å². The topological polar surface area (TPSA) is 56.4 Å². The second-order valence-electron chi connectivity index (χ2n) is 4.70. The van der Waals surface area contributed by atoms with Crippen LogP contribution in [0.2, 0.25) is 6.04 Å². The van der Waals surface area contributed by atoms with Crippen molar-refractivity contribution in [2.24, 2.45) is 0 Å². The van der Waals surface area contributed by atoms with E-state index in [0.717, 1.165) is 12.5 Å². The van der Waals surface area contributed by atoms with Crippen molar-refractivity contribution >= 4 is 8.80 Å². The minimum Gasteiger partial charge on any atom is -0.374 e. The van der Waals surface area contributed by atoms with Crippen LogP contribution in [0.4, 0.5) is 0 Å². The van der Waals surface area contributed by atoms with E-state index in [9.17, 15) is 0 Å². The zero-order chi connectivity index (χ0) is 16.8. The Labute approximate surface area is 140 Å². The van der Waals surface area contributed by atoms with E-state index in [2.05, 4.69) is 16.0 Å². The Balaban J connectivity index is 0.000000366. The van der Waals surface area contributed by atoms with Crippen LogP contribution in [0.15, 0.2) is 48.9 Å². The molecular weight excluding hydrogens is 308 g/mol. The van der Waals surface area contributed by atoms with Gasteiger partial charge in [-0.1, -0.05) is 6.07 Å². The van der Waals surface area contributed by atoms with Crippen LogP contribution < -0.4 is 0 Å². The highest BCUT2D eigenvalue weighted by Crippen LogP contribution is 2.18. The molecule has 2 rings (SSSR count). The number of hydrogen-bond acceptors (Lipinski definition) is 4. The Morgan fingerprint density at radius 2 is 1.52 bits per heavy atom. The van der Waals surface area contributed by atoms with E-state index >= 15 is 0 Å². The fourth-order valence-corrected chi connectivity index (χ4v) is 4.70. The maximum atomic E-state index is 5.79. The molecule has 1 N–H and O–H groups in total. The molecular formula is C17H28N2O3Si. The summed E-state index contributed by atoms with van der Waals surface area (Å²) in [5.74, 6) is 0. The van der Waals surface area contributed by atoms with Crippen LogP contribution >= 0.6 is 0 Å². The fraction of sp³-hybridized carbons (Fsp3) is 0.471. The molecule has 0 radical (unpaired) electrons. The molecule has 0 bridgehead atoms. The summed E-state index contributed by atoms with van der Waals surface area (Å²) in [6, 6.07) is 10.6. The van der Waals surface area contributed by atoms with Gasteiger partial charge in [-0.3, -0.25) is 4.98 Å². The van der Waals surface area contributed by atoms with Crippen LogP contribution in [0.25, 0.3) is 0 Å². The number of aromatic amines is 1. The van der Waals surface area contributed by atoms with E-state index in [1.165, 1.54) is 5.69 Å². The quantitative estimate of drug-likeness (QED) is 0.710. The molecule has 5 nitrogen and oxygen atoms in total. The minimum atomic E-state index is -2.47. The second-order valence-corrected chi connectivity index (χ2v) is 7.43. The van der Waals surface area contributed by atoms with Gasteiger partial charge in [0, 0.05) is 50.1 Å². The minimum absolute atomic E-state index is 0.636. The van der Waals surface area contributed by atoms with Gasteiger partial charge in [0.1, 0.15) is 0 Å². The largest absolute Gasteiger partial charge is 0.501 e. The molecule has 128 valence electrons. The second kappa shape index (κ2) is 12.0. The average Bonchev–Trinajstić information content (AvgIpc) is 3.10. The Bertz CT molecular complexity index is 436. The van der Waals surface area contributed by atoms with Gasteiger partial charge in [0.05, 0.1) is 0 Å².